The maximum atomic E-state index is 14.0. The summed E-state index contributed by atoms with van der Waals surface area (Å²) in [4.78, 5) is 131. The lowest BCUT2D eigenvalue weighted by molar-refractivity contribution is -0.143. The van der Waals surface area contributed by atoms with Gasteiger partial charge in [0.25, 0.3) is 0 Å². The number of fused-ring (bicyclic) bond motifs is 1. The molecule has 13 N–H and O–H groups in total. The molecule has 3 rings (SSSR count). The van der Waals surface area contributed by atoms with Crippen LogP contribution in [0.3, 0.4) is 0 Å². The minimum absolute atomic E-state index is 0.000407. The predicted molar refractivity (Wildman–Crippen MR) is 223 cm³/mol. The standard InChI is InChI=1S/C39H56N10O11S/c40-25(17-22-19-43-26-8-4-3-7-24(22)26)35(56)44-20-33(53)46-27(9-2-1-5-16-61)37(58)48-29(18-32(42)52)39(60)49-15-6-10-30(49)38(59)47-28(12-14-34(54)55)36(57)45-23(21-50)11-13-31(41)51/h3-4,7-8,19,21,23,25,27-30,43,61H,1-2,5-6,9-18,20,40H2,(H2,41,51)(H2,42,52)(H,44,56)(H,45,57)(H,46,53)(H,47,59)(H,48,58)(H,54,55)/t23-,25-,27-,28-,29-,30-/m0/s1. The molecule has 2 heterocycles. The summed E-state index contributed by atoms with van der Waals surface area (Å²) >= 11 is 4.21. The SMILES string of the molecule is NC(=O)CC[C@@H](C=O)NC(=O)[C@H](CCC(=O)O)NC(=O)[C@@H]1CCCN1C(=O)[C@H](CC(N)=O)NC(=O)[C@H](CCCCCS)NC(=O)CNC(=O)[C@@H](N)Cc1c[nH]c2ccccc12. The highest BCUT2D eigenvalue weighted by Crippen LogP contribution is 2.21. The van der Waals surface area contributed by atoms with Crippen molar-refractivity contribution >= 4 is 83.0 Å². The third kappa shape index (κ3) is 16.2. The molecule has 21 nitrogen and oxygen atoms in total. The second-order valence-corrected chi connectivity index (χ2v) is 15.2. The summed E-state index contributed by atoms with van der Waals surface area (Å²) in [5, 5.41) is 22.5. The number of carbonyl (C=O) groups excluding carboxylic acids is 9. The number of aliphatic carboxylic acids is 1. The topological polar surface area (TPSA) is 348 Å². The quantitative estimate of drug-likeness (QED) is 0.0258. The van der Waals surface area contributed by atoms with Gasteiger partial charge in [0.05, 0.1) is 25.0 Å². The molecule has 1 aromatic carbocycles. The number of thiol groups is 1. The molecule has 6 atom stereocenters. The van der Waals surface area contributed by atoms with E-state index in [9.17, 15) is 53.1 Å². The summed E-state index contributed by atoms with van der Waals surface area (Å²) < 4.78 is 0. The fourth-order valence-corrected chi connectivity index (χ4v) is 7.04. The Morgan fingerprint density at radius 2 is 1.56 bits per heavy atom. The number of para-hydroxylation sites is 1. The van der Waals surface area contributed by atoms with E-state index in [1.165, 1.54) is 0 Å². The Bertz CT molecular complexity index is 1910. The highest BCUT2D eigenvalue weighted by molar-refractivity contribution is 7.80. The number of nitrogens with zero attached hydrogens (tertiary/aromatic N) is 1. The number of nitrogens with one attached hydrogen (secondary N) is 6. The van der Waals surface area contributed by atoms with Crippen LogP contribution in [0, 0.1) is 0 Å². The minimum Gasteiger partial charge on any atom is -0.481 e. The number of carboxylic acid groups (broad SMARTS) is 1. The predicted octanol–water partition coefficient (Wildman–Crippen LogP) is -2.22. The number of primary amides is 2. The molecule has 0 radical (unpaired) electrons. The molecule has 1 aromatic heterocycles. The number of unbranched alkanes of at least 4 members (excludes halogenated alkanes) is 2. The Hall–Kier alpha value is -6.03. The summed E-state index contributed by atoms with van der Waals surface area (Å²) in [6, 6.07) is -0.162. The van der Waals surface area contributed by atoms with E-state index in [4.69, 9.17) is 17.2 Å². The molecule has 1 saturated heterocycles. The zero-order valence-electron chi connectivity index (χ0n) is 33.7. The number of rotatable bonds is 27. The third-order valence-electron chi connectivity index (χ3n) is 10.0. The van der Waals surface area contributed by atoms with Gasteiger partial charge in [-0.05, 0) is 62.3 Å². The average molecular weight is 873 g/mol. The van der Waals surface area contributed by atoms with E-state index in [0.29, 0.717) is 37.7 Å². The van der Waals surface area contributed by atoms with Gasteiger partial charge in [0.1, 0.15) is 30.5 Å². The molecule has 0 spiro atoms. The molecule has 22 heteroatoms. The number of aromatic nitrogens is 1. The first-order chi connectivity index (χ1) is 29.0. The zero-order chi connectivity index (χ0) is 45.1. The van der Waals surface area contributed by atoms with Crippen molar-refractivity contribution in [2.75, 3.05) is 18.8 Å². The molecule has 1 aliphatic rings. The van der Waals surface area contributed by atoms with Crippen molar-refractivity contribution in [3.63, 3.8) is 0 Å². The largest absolute Gasteiger partial charge is 0.481 e. The molecule has 334 valence electrons. The number of hydrogen-bond donors (Lipinski definition) is 11. The van der Waals surface area contributed by atoms with Gasteiger partial charge in [0.15, 0.2) is 0 Å². The average Bonchev–Trinajstić information content (AvgIpc) is 3.88. The van der Waals surface area contributed by atoms with Crippen LogP contribution in [0.5, 0.6) is 0 Å². The fourth-order valence-electron chi connectivity index (χ4n) is 6.82. The van der Waals surface area contributed by atoms with Crippen LogP contribution in [0.4, 0.5) is 0 Å². The summed E-state index contributed by atoms with van der Waals surface area (Å²) in [5.74, 6) is -7.19. The number of aromatic amines is 1. The Labute approximate surface area is 357 Å². The second kappa shape index (κ2) is 24.9. The third-order valence-corrected chi connectivity index (χ3v) is 10.3. The number of nitrogens with two attached hydrogens (primary N) is 3. The van der Waals surface area contributed by atoms with E-state index in [0.717, 1.165) is 21.4 Å². The van der Waals surface area contributed by atoms with Crippen molar-refractivity contribution in [3.05, 3.63) is 36.0 Å². The molecule has 61 heavy (non-hydrogen) atoms. The molecule has 8 amide bonds. The van der Waals surface area contributed by atoms with Gasteiger partial charge in [-0.15, -0.1) is 0 Å². The number of benzene rings is 1. The molecule has 0 bridgehead atoms. The molecule has 0 unspecified atom stereocenters. The van der Waals surface area contributed by atoms with Crippen LogP contribution in [0.1, 0.15) is 76.2 Å². The van der Waals surface area contributed by atoms with Crippen molar-refractivity contribution in [1.29, 1.82) is 0 Å². The Kier molecular flexibility index (Phi) is 20.1. The second-order valence-electron chi connectivity index (χ2n) is 14.8. The molecular formula is C39H56N10O11S. The molecular weight excluding hydrogens is 817 g/mol. The number of likely N-dealkylation sites (tertiary alicyclic amines) is 1. The molecule has 1 fully saturated rings. The maximum Gasteiger partial charge on any atom is 0.303 e. The maximum absolute atomic E-state index is 14.0. The number of carbonyl (C=O) groups is 10. The van der Waals surface area contributed by atoms with Gasteiger partial charge in [-0.3, -0.25) is 43.2 Å². The molecule has 2 aromatic rings. The smallest absolute Gasteiger partial charge is 0.303 e. The van der Waals surface area contributed by atoms with Gasteiger partial charge >= 0.3 is 5.97 Å². The van der Waals surface area contributed by atoms with Crippen molar-refractivity contribution in [1.82, 2.24) is 36.5 Å². The molecule has 0 aliphatic carbocycles. The minimum atomic E-state index is -1.58. The van der Waals surface area contributed by atoms with Crippen molar-refractivity contribution < 1.29 is 53.1 Å². The molecule has 0 saturated carbocycles. The van der Waals surface area contributed by atoms with Crippen LogP contribution in [0.25, 0.3) is 10.9 Å². The summed E-state index contributed by atoms with van der Waals surface area (Å²) in [6.07, 6.45) is 2.63. The fraction of sp³-hybridized carbons (Fsp3) is 0.538. The van der Waals surface area contributed by atoms with Crippen molar-refractivity contribution in [2.24, 2.45) is 17.2 Å². The van der Waals surface area contributed by atoms with Gasteiger partial charge in [0, 0.05) is 36.5 Å². The number of carboxylic acids is 1. The van der Waals surface area contributed by atoms with Gasteiger partial charge in [0.2, 0.25) is 47.3 Å². The first kappa shape index (κ1) is 49.3. The van der Waals surface area contributed by atoms with E-state index >= 15 is 0 Å². The monoisotopic (exact) mass is 872 g/mol. The Balaban J connectivity index is 1.70. The highest BCUT2D eigenvalue weighted by Gasteiger charge is 2.40. The van der Waals surface area contributed by atoms with Crippen LogP contribution in [0.2, 0.25) is 0 Å². The van der Waals surface area contributed by atoms with Gasteiger partial charge in [-0.2, -0.15) is 12.6 Å². The normalized spacial score (nSPS) is 16.0. The van der Waals surface area contributed by atoms with Crippen LogP contribution in [0.15, 0.2) is 30.5 Å². The number of amides is 8. The van der Waals surface area contributed by atoms with Crippen LogP contribution >= 0.6 is 12.6 Å². The van der Waals surface area contributed by atoms with Crippen LogP contribution in [-0.2, 0) is 54.4 Å². The van der Waals surface area contributed by atoms with Gasteiger partial charge in [-0.1, -0.05) is 31.0 Å². The number of hydrogen-bond acceptors (Lipinski definition) is 12. The van der Waals surface area contributed by atoms with E-state index in [2.05, 4.69) is 44.2 Å². The van der Waals surface area contributed by atoms with Crippen molar-refractivity contribution in [2.45, 2.75) is 113 Å². The number of H-pyrrole nitrogens is 1. The van der Waals surface area contributed by atoms with E-state index in [1.807, 2.05) is 24.3 Å². The van der Waals surface area contributed by atoms with Crippen LogP contribution in [-0.4, -0.2) is 130 Å². The number of aldehydes is 1. The summed E-state index contributed by atoms with van der Waals surface area (Å²) in [6.45, 7) is -0.524. The molecule has 1 aliphatic heterocycles. The highest BCUT2D eigenvalue weighted by atomic mass is 32.1. The van der Waals surface area contributed by atoms with E-state index < -0.39 is 115 Å². The first-order valence-electron chi connectivity index (χ1n) is 20.0. The lowest BCUT2D eigenvalue weighted by Crippen LogP contribution is -2.59. The van der Waals surface area contributed by atoms with E-state index in [1.54, 1.807) is 6.20 Å². The van der Waals surface area contributed by atoms with Gasteiger partial charge in [-0.25, -0.2) is 0 Å². The zero-order valence-corrected chi connectivity index (χ0v) is 34.6. The Morgan fingerprint density at radius 3 is 2.23 bits per heavy atom. The lowest BCUT2D eigenvalue weighted by atomic mass is 10.0. The Morgan fingerprint density at radius 1 is 0.852 bits per heavy atom. The lowest BCUT2D eigenvalue weighted by Gasteiger charge is -2.30. The summed E-state index contributed by atoms with van der Waals surface area (Å²) in [5.41, 5.74) is 18.4. The van der Waals surface area contributed by atoms with Crippen molar-refractivity contribution in [3.8, 4) is 0 Å². The van der Waals surface area contributed by atoms with Crippen LogP contribution < -0.4 is 43.8 Å². The van der Waals surface area contributed by atoms with E-state index in [-0.39, 0.29) is 38.6 Å². The van der Waals surface area contributed by atoms with Gasteiger partial charge < -0.3 is 63.6 Å². The first-order valence-corrected chi connectivity index (χ1v) is 20.6. The summed E-state index contributed by atoms with van der Waals surface area (Å²) in [7, 11) is 0.